The second-order valence-corrected chi connectivity index (χ2v) is 4.92. The molecule has 0 spiro atoms. The van der Waals surface area contributed by atoms with Gasteiger partial charge in [-0.15, -0.1) is 0 Å². The molecular weight excluding hydrogens is 212 g/mol. The maximum Gasteiger partial charge on any atom is 0.121 e. The van der Waals surface area contributed by atoms with Gasteiger partial charge in [-0.05, 0) is 37.0 Å². The molecule has 0 aromatic heterocycles. The van der Waals surface area contributed by atoms with Gasteiger partial charge in [0.05, 0.1) is 0 Å². The molecule has 0 saturated carbocycles. The Balaban J connectivity index is 1.94. The van der Waals surface area contributed by atoms with Crippen LogP contribution in [-0.4, -0.2) is 42.7 Å². The van der Waals surface area contributed by atoms with E-state index in [1.165, 1.54) is 5.56 Å². The van der Waals surface area contributed by atoms with E-state index in [1.807, 2.05) is 13.8 Å². The van der Waals surface area contributed by atoms with Crippen LogP contribution in [0.1, 0.15) is 16.7 Å². The monoisotopic (exact) mass is 234 g/mol. The normalized spacial score (nSPS) is 17.3. The number of hydrogen-bond donors (Lipinski definition) is 2. The molecule has 2 N–H and O–H groups in total. The first kappa shape index (κ1) is 12.4. The zero-order valence-electron chi connectivity index (χ0n) is 10.8. The van der Waals surface area contributed by atoms with Crippen LogP contribution < -0.4 is 5.32 Å². The minimum Gasteiger partial charge on any atom is -0.507 e. The third-order valence-electron chi connectivity index (χ3n) is 3.48. The van der Waals surface area contributed by atoms with Gasteiger partial charge < -0.3 is 15.3 Å². The van der Waals surface area contributed by atoms with Crippen molar-refractivity contribution in [3.63, 3.8) is 0 Å². The molecule has 1 aliphatic rings. The van der Waals surface area contributed by atoms with Crippen molar-refractivity contribution in [1.29, 1.82) is 0 Å². The number of hydrogen-bond acceptors (Lipinski definition) is 3. The maximum absolute atomic E-state index is 9.73. The third-order valence-corrected chi connectivity index (χ3v) is 3.48. The van der Waals surface area contributed by atoms with Crippen LogP contribution in [0.15, 0.2) is 12.1 Å². The van der Waals surface area contributed by atoms with Gasteiger partial charge in [0.1, 0.15) is 5.75 Å². The van der Waals surface area contributed by atoms with Crippen LogP contribution >= 0.6 is 0 Å². The van der Waals surface area contributed by atoms with E-state index < -0.39 is 0 Å². The van der Waals surface area contributed by atoms with Crippen LogP contribution in [0.5, 0.6) is 5.75 Å². The number of aryl methyl sites for hydroxylation is 2. The van der Waals surface area contributed by atoms with E-state index in [1.54, 1.807) is 0 Å². The number of aromatic hydroxyl groups is 1. The lowest BCUT2D eigenvalue weighted by atomic mass is 10.0. The predicted octanol–water partition coefficient (Wildman–Crippen LogP) is 1.46. The molecule has 1 saturated heterocycles. The van der Waals surface area contributed by atoms with Gasteiger partial charge in [0.25, 0.3) is 0 Å². The molecule has 1 heterocycles. The van der Waals surface area contributed by atoms with Crippen LogP contribution in [0, 0.1) is 13.8 Å². The quantitative estimate of drug-likeness (QED) is 0.831. The highest BCUT2D eigenvalue weighted by molar-refractivity contribution is 5.42. The topological polar surface area (TPSA) is 35.5 Å². The van der Waals surface area contributed by atoms with Gasteiger partial charge >= 0.3 is 0 Å². The molecule has 17 heavy (non-hydrogen) atoms. The van der Waals surface area contributed by atoms with Crippen molar-refractivity contribution in [2.45, 2.75) is 20.3 Å². The Morgan fingerprint density at radius 2 is 1.76 bits per heavy atom. The predicted molar refractivity (Wildman–Crippen MR) is 70.6 cm³/mol. The minimum atomic E-state index is 0.441. The molecule has 0 unspecified atom stereocenters. The van der Waals surface area contributed by atoms with E-state index in [0.717, 1.165) is 50.3 Å². The van der Waals surface area contributed by atoms with Crippen LogP contribution in [0.3, 0.4) is 0 Å². The van der Waals surface area contributed by atoms with Crippen LogP contribution in [-0.2, 0) is 6.42 Å². The van der Waals surface area contributed by atoms with Crippen molar-refractivity contribution in [2.24, 2.45) is 0 Å². The van der Waals surface area contributed by atoms with Crippen molar-refractivity contribution in [2.75, 3.05) is 32.7 Å². The van der Waals surface area contributed by atoms with E-state index in [2.05, 4.69) is 22.3 Å². The van der Waals surface area contributed by atoms with Crippen molar-refractivity contribution in [3.05, 3.63) is 28.8 Å². The lowest BCUT2D eigenvalue weighted by Gasteiger charge is -2.27. The number of phenolic OH excluding ortho intramolecular Hbond substituents is 1. The molecule has 1 aromatic rings. The number of rotatable bonds is 3. The summed E-state index contributed by atoms with van der Waals surface area (Å²) in [6, 6.07) is 4.20. The average molecular weight is 234 g/mol. The molecule has 1 fully saturated rings. The minimum absolute atomic E-state index is 0.441. The number of phenols is 1. The zero-order valence-corrected chi connectivity index (χ0v) is 10.8. The Bertz CT molecular complexity index is 361. The summed E-state index contributed by atoms with van der Waals surface area (Å²) in [7, 11) is 0. The Morgan fingerprint density at radius 1 is 1.18 bits per heavy atom. The molecule has 3 heteroatoms. The molecule has 1 aliphatic heterocycles. The lowest BCUT2D eigenvalue weighted by molar-refractivity contribution is 0.244. The van der Waals surface area contributed by atoms with Gasteiger partial charge in [-0.25, -0.2) is 0 Å². The summed E-state index contributed by atoms with van der Waals surface area (Å²) in [4.78, 5) is 2.49. The Hall–Kier alpha value is -1.06. The number of nitrogens with zero attached hydrogens (tertiary/aromatic N) is 1. The highest BCUT2D eigenvalue weighted by Gasteiger charge is 2.10. The SMILES string of the molecule is Cc1cc(CCN2CCNCC2)cc(C)c1O. The van der Waals surface area contributed by atoms with E-state index in [9.17, 15) is 5.11 Å². The molecule has 0 bridgehead atoms. The highest BCUT2D eigenvalue weighted by atomic mass is 16.3. The van der Waals surface area contributed by atoms with Gasteiger partial charge in [0.15, 0.2) is 0 Å². The van der Waals surface area contributed by atoms with Crippen molar-refractivity contribution in [3.8, 4) is 5.75 Å². The summed E-state index contributed by atoms with van der Waals surface area (Å²) >= 11 is 0. The highest BCUT2D eigenvalue weighted by Crippen LogP contribution is 2.23. The Kier molecular flexibility index (Phi) is 4.02. The third kappa shape index (κ3) is 3.20. The van der Waals surface area contributed by atoms with Crippen LogP contribution in [0.2, 0.25) is 0 Å². The number of piperazine rings is 1. The Labute approximate surface area is 103 Å². The smallest absolute Gasteiger partial charge is 0.121 e. The van der Waals surface area contributed by atoms with Crippen LogP contribution in [0.4, 0.5) is 0 Å². The van der Waals surface area contributed by atoms with Crippen molar-refractivity contribution >= 4 is 0 Å². The average Bonchev–Trinajstić information content (AvgIpc) is 2.34. The lowest BCUT2D eigenvalue weighted by Crippen LogP contribution is -2.44. The van der Waals surface area contributed by atoms with Gasteiger partial charge in [-0.3, -0.25) is 0 Å². The zero-order chi connectivity index (χ0) is 12.3. The van der Waals surface area contributed by atoms with E-state index >= 15 is 0 Å². The fourth-order valence-electron chi connectivity index (χ4n) is 2.41. The molecule has 1 aromatic carbocycles. The molecule has 0 amide bonds. The first-order chi connectivity index (χ1) is 8.16. The fraction of sp³-hybridized carbons (Fsp3) is 0.571. The molecule has 2 rings (SSSR count). The Morgan fingerprint density at radius 3 is 2.35 bits per heavy atom. The maximum atomic E-state index is 9.73. The molecule has 0 atom stereocenters. The van der Waals surface area contributed by atoms with Gasteiger partial charge in [-0.1, -0.05) is 12.1 Å². The molecule has 94 valence electrons. The molecular formula is C14H22N2O. The summed E-state index contributed by atoms with van der Waals surface area (Å²) in [6.07, 6.45) is 1.07. The standard InChI is InChI=1S/C14H22N2O/c1-11-9-13(10-12(2)14(11)17)3-6-16-7-4-15-5-8-16/h9-10,15,17H,3-8H2,1-2H3. The van der Waals surface area contributed by atoms with Crippen molar-refractivity contribution < 1.29 is 5.11 Å². The van der Waals surface area contributed by atoms with Crippen molar-refractivity contribution in [1.82, 2.24) is 10.2 Å². The van der Waals surface area contributed by atoms with E-state index in [-0.39, 0.29) is 0 Å². The summed E-state index contributed by atoms with van der Waals surface area (Å²) < 4.78 is 0. The summed E-state index contributed by atoms with van der Waals surface area (Å²) in [5.41, 5.74) is 3.30. The van der Waals surface area contributed by atoms with Gasteiger partial charge in [0.2, 0.25) is 0 Å². The molecule has 0 radical (unpaired) electrons. The number of nitrogens with one attached hydrogen (secondary N) is 1. The largest absolute Gasteiger partial charge is 0.507 e. The summed E-state index contributed by atoms with van der Waals surface area (Å²) in [5.74, 6) is 0.441. The first-order valence-corrected chi connectivity index (χ1v) is 6.39. The van der Waals surface area contributed by atoms with Gasteiger partial charge in [-0.2, -0.15) is 0 Å². The molecule has 3 nitrogen and oxygen atoms in total. The van der Waals surface area contributed by atoms with E-state index in [4.69, 9.17) is 0 Å². The molecule has 0 aliphatic carbocycles. The second kappa shape index (κ2) is 5.52. The first-order valence-electron chi connectivity index (χ1n) is 6.39. The second-order valence-electron chi connectivity index (χ2n) is 4.92. The fourth-order valence-corrected chi connectivity index (χ4v) is 2.41. The summed E-state index contributed by atoms with van der Waals surface area (Å²) in [5, 5.41) is 13.1. The number of benzene rings is 1. The van der Waals surface area contributed by atoms with Crippen LogP contribution in [0.25, 0.3) is 0 Å². The van der Waals surface area contributed by atoms with E-state index in [0.29, 0.717) is 5.75 Å². The summed E-state index contributed by atoms with van der Waals surface area (Å²) in [6.45, 7) is 9.56. The van der Waals surface area contributed by atoms with Gasteiger partial charge in [0, 0.05) is 32.7 Å².